The maximum atomic E-state index is 6.45. The summed E-state index contributed by atoms with van der Waals surface area (Å²) in [5.41, 5.74) is 12.2. The summed E-state index contributed by atoms with van der Waals surface area (Å²) in [6.45, 7) is 0. The molecule has 0 saturated carbocycles. The smallest absolute Gasteiger partial charge is 0.238 e. The van der Waals surface area contributed by atoms with Crippen LogP contribution in [-0.4, -0.2) is 19.5 Å². The van der Waals surface area contributed by atoms with E-state index in [-0.39, 0.29) is 0 Å². The van der Waals surface area contributed by atoms with E-state index in [1.165, 1.54) is 41.9 Å². The van der Waals surface area contributed by atoms with E-state index in [0.717, 1.165) is 88.1 Å². The molecule has 4 heterocycles. The second-order valence-electron chi connectivity index (χ2n) is 18.3. The number of benzene rings is 11. The Morgan fingerprint density at radius 2 is 0.887 bits per heavy atom. The van der Waals surface area contributed by atoms with Crippen LogP contribution < -0.4 is 0 Å². The van der Waals surface area contributed by atoms with Crippen LogP contribution in [0.1, 0.15) is 0 Å². The molecule has 0 aliphatic carbocycles. The van der Waals surface area contributed by atoms with E-state index in [2.05, 4.69) is 199 Å². The lowest BCUT2D eigenvalue weighted by molar-refractivity contribution is 0.669. The minimum atomic E-state index is 0.529. The SMILES string of the molecule is c1ccc(-c2cc(-c3cccc4c3sc3ccccc34)cc(-c3cccc4c5c6ccccc6c6ccccc6c5n(-c5nc(-c6ccccc6)nc(-c6ccc7c(c6)oc6ccccc67)n5)c34)c2)cc1. The molecule has 15 rings (SSSR count). The average molecular weight is 923 g/mol. The first kappa shape index (κ1) is 39.7. The van der Waals surface area contributed by atoms with Gasteiger partial charge in [-0.25, -0.2) is 4.98 Å². The number of thiophene rings is 1. The van der Waals surface area contributed by atoms with Crippen molar-refractivity contribution in [3.63, 3.8) is 0 Å². The zero-order valence-corrected chi connectivity index (χ0v) is 38.9. The van der Waals surface area contributed by atoms with Crippen molar-refractivity contribution in [3.05, 3.63) is 231 Å². The summed E-state index contributed by atoms with van der Waals surface area (Å²) in [4.78, 5) is 16.3. The quantitative estimate of drug-likeness (QED) is 0.156. The van der Waals surface area contributed by atoms with Gasteiger partial charge in [0, 0.05) is 63.8 Å². The van der Waals surface area contributed by atoms with E-state index >= 15 is 0 Å². The van der Waals surface area contributed by atoms with Gasteiger partial charge < -0.3 is 4.42 Å². The van der Waals surface area contributed by atoms with Crippen LogP contribution in [0.5, 0.6) is 0 Å². The summed E-state index contributed by atoms with van der Waals surface area (Å²) >= 11 is 1.86. The second-order valence-corrected chi connectivity index (χ2v) is 19.3. The number of nitrogens with zero attached hydrogens (tertiary/aromatic N) is 4. The highest BCUT2D eigenvalue weighted by atomic mass is 32.1. The van der Waals surface area contributed by atoms with E-state index < -0.39 is 0 Å². The highest BCUT2D eigenvalue weighted by Gasteiger charge is 2.25. The van der Waals surface area contributed by atoms with Gasteiger partial charge in [0.25, 0.3) is 0 Å². The van der Waals surface area contributed by atoms with Crippen molar-refractivity contribution in [3.8, 4) is 62.1 Å². The van der Waals surface area contributed by atoms with Gasteiger partial charge in [0.15, 0.2) is 11.6 Å². The molecule has 0 N–H and O–H groups in total. The summed E-state index contributed by atoms with van der Waals surface area (Å²) in [6, 6.07) is 82.3. The van der Waals surface area contributed by atoms with Crippen LogP contribution in [-0.2, 0) is 0 Å². The Morgan fingerprint density at radius 3 is 1.68 bits per heavy atom. The fourth-order valence-corrected chi connectivity index (χ4v) is 12.3. The number of furan rings is 1. The lowest BCUT2D eigenvalue weighted by Crippen LogP contribution is -2.07. The van der Waals surface area contributed by atoms with Crippen LogP contribution in [0.3, 0.4) is 0 Å². The molecular weight excluding hydrogens is 885 g/mol. The lowest BCUT2D eigenvalue weighted by Gasteiger charge is -2.16. The molecule has 0 fully saturated rings. The van der Waals surface area contributed by atoms with Crippen molar-refractivity contribution in [2.75, 3.05) is 0 Å². The van der Waals surface area contributed by atoms with Crippen LogP contribution >= 0.6 is 11.3 Å². The van der Waals surface area contributed by atoms with Crippen LogP contribution in [0.4, 0.5) is 0 Å². The van der Waals surface area contributed by atoms with E-state index in [1.54, 1.807) is 0 Å². The minimum absolute atomic E-state index is 0.529. The first-order chi connectivity index (χ1) is 35.2. The normalized spacial score (nSPS) is 11.9. The van der Waals surface area contributed by atoms with Crippen LogP contribution in [0.25, 0.3) is 148 Å². The molecule has 71 heavy (non-hydrogen) atoms. The third-order valence-electron chi connectivity index (χ3n) is 14.2. The van der Waals surface area contributed by atoms with Crippen molar-refractivity contribution < 1.29 is 4.42 Å². The fraction of sp³-hybridized carbons (Fsp3) is 0. The summed E-state index contributed by atoms with van der Waals surface area (Å²) in [5.74, 6) is 1.66. The first-order valence-electron chi connectivity index (χ1n) is 23.9. The lowest BCUT2D eigenvalue weighted by atomic mass is 9.91. The zero-order valence-electron chi connectivity index (χ0n) is 38.0. The number of hydrogen-bond acceptors (Lipinski definition) is 5. The zero-order chi connectivity index (χ0) is 46.6. The van der Waals surface area contributed by atoms with Gasteiger partial charge in [0.1, 0.15) is 11.2 Å². The average Bonchev–Trinajstić information content (AvgIpc) is 4.13. The van der Waals surface area contributed by atoms with Gasteiger partial charge in [0.05, 0.1) is 11.0 Å². The van der Waals surface area contributed by atoms with Gasteiger partial charge in [-0.2, -0.15) is 9.97 Å². The molecule has 11 aromatic carbocycles. The molecule has 0 unspecified atom stereocenters. The number of hydrogen-bond donors (Lipinski definition) is 0. The van der Waals surface area contributed by atoms with Gasteiger partial charge in [0.2, 0.25) is 5.95 Å². The molecule has 0 aliphatic heterocycles. The summed E-state index contributed by atoms with van der Waals surface area (Å²) < 4.78 is 11.3. The Bertz CT molecular complexity index is 4640. The van der Waals surface area contributed by atoms with Gasteiger partial charge in [-0.3, -0.25) is 4.57 Å². The number of para-hydroxylation sites is 2. The summed E-state index contributed by atoms with van der Waals surface area (Å²) in [5, 5.41) is 11.6. The molecule has 15 aromatic rings. The van der Waals surface area contributed by atoms with Crippen molar-refractivity contribution in [1.29, 1.82) is 0 Å². The third-order valence-corrected chi connectivity index (χ3v) is 15.4. The Hall–Kier alpha value is -9.23. The van der Waals surface area contributed by atoms with Crippen molar-refractivity contribution in [2.24, 2.45) is 0 Å². The molecule has 0 amide bonds. The van der Waals surface area contributed by atoms with Crippen LogP contribution in [0.15, 0.2) is 235 Å². The van der Waals surface area contributed by atoms with E-state index in [1.807, 2.05) is 47.7 Å². The predicted octanol–water partition coefficient (Wildman–Crippen LogP) is 17.9. The molecule has 0 spiro atoms. The monoisotopic (exact) mass is 922 g/mol. The second kappa shape index (κ2) is 15.7. The molecular formula is C65H38N4OS. The maximum Gasteiger partial charge on any atom is 0.238 e. The fourth-order valence-electron chi connectivity index (χ4n) is 11.0. The van der Waals surface area contributed by atoms with Gasteiger partial charge in [-0.15, -0.1) is 11.3 Å². The Morgan fingerprint density at radius 1 is 0.324 bits per heavy atom. The van der Waals surface area contributed by atoms with Gasteiger partial charge in [-0.1, -0.05) is 188 Å². The van der Waals surface area contributed by atoms with E-state index in [9.17, 15) is 0 Å². The molecule has 4 aromatic heterocycles. The third kappa shape index (κ3) is 6.22. The summed E-state index contributed by atoms with van der Waals surface area (Å²) in [7, 11) is 0. The topological polar surface area (TPSA) is 56.7 Å². The molecule has 0 radical (unpaired) electrons. The first-order valence-corrected chi connectivity index (χ1v) is 24.7. The molecule has 0 saturated heterocycles. The van der Waals surface area contributed by atoms with E-state index in [0.29, 0.717) is 17.6 Å². The Labute approximate surface area is 411 Å². The number of fused-ring (bicyclic) bond motifs is 14. The number of aromatic nitrogens is 4. The predicted molar refractivity (Wildman–Crippen MR) is 297 cm³/mol. The standard InChI is InChI=1S/C65H38N4OS/c1-3-17-39(18-4-1)42-35-43(37-44(36-42)46-28-16-29-54-51-24-12-14-32-58(51)71-62(46)54)45-27-15-30-55-59-52-25-9-7-21-47(52)48-22-8-10-26-53(48)61(59)69(60(45)55)65-67-63(40-19-5-2-6-20-40)66-64(68-65)41-33-34-50-49-23-11-13-31-56(49)70-57(50)38-41/h1-38H. The largest absolute Gasteiger partial charge is 0.456 e. The maximum absolute atomic E-state index is 6.45. The molecule has 5 nitrogen and oxygen atoms in total. The molecule has 330 valence electrons. The molecule has 0 aliphatic rings. The van der Waals surface area contributed by atoms with Crippen molar-refractivity contribution in [2.45, 2.75) is 0 Å². The van der Waals surface area contributed by atoms with Crippen LogP contribution in [0, 0.1) is 0 Å². The van der Waals surface area contributed by atoms with Crippen molar-refractivity contribution in [1.82, 2.24) is 19.5 Å². The summed E-state index contributed by atoms with van der Waals surface area (Å²) in [6.07, 6.45) is 0. The van der Waals surface area contributed by atoms with Crippen molar-refractivity contribution >= 4 is 96.8 Å². The molecule has 6 heteroatoms. The molecule has 0 atom stereocenters. The van der Waals surface area contributed by atoms with Crippen LogP contribution in [0.2, 0.25) is 0 Å². The highest BCUT2D eigenvalue weighted by molar-refractivity contribution is 7.26. The highest BCUT2D eigenvalue weighted by Crippen LogP contribution is 2.47. The number of rotatable bonds is 6. The van der Waals surface area contributed by atoms with E-state index in [4.69, 9.17) is 19.4 Å². The van der Waals surface area contributed by atoms with Gasteiger partial charge >= 0.3 is 0 Å². The molecule has 0 bridgehead atoms. The van der Waals surface area contributed by atoms with Gasteiger partial charge in [-0.05, 0) is 86.4 Å². The Kier molecular flexibility index (Phi) is 8.76. The Balaban J connectivity index is 1.07. The minimum Gasteiger partial charge on any atom is -0.456 e.